The van der Waals surface area contributed by atoms with Gasteiger partial charge in [0.25, 0.3) is 11.5 Å². The first kappa shape index (κ1) is 18.0. The topological polar surface area (TPSA) is 51.1 Å². The Hall–Kier alpha value is -2.85. The molecule has 4 nitrogen and oxygen atoms in total. The summed E-state index contributed by atoms with van der Waals surface area (Å²) in [5.74, 6) is -0.414. The summed E-state index contributed by atoms with van der Waals surface area (Å²) in [7, 11) is 0. The van der Waals surface area contributed by atoms with Crippen molar-refractivity contribution in [3.8, 4) is 0 Å². The van der Waals surface area contributed by atoms with E-state index in [0.29, 0.717) is 17.3 Å². The molecule has 3 rings (SSSR count). The number of carbonyl (C=O) groups is 1. The summed E-state index contributed by atoms with van der Waals surface area (Å²) in [6, 6.07) is 16.3. The lowest BCUT2D eigenvalue weighted by molar-refractivity contribution is 0.102. The van der Waals surface area contributed by atoms with E-state index in [0.717, 1.165) is 16.7 Å². The van der Waals surface area contributed by atoms with Gasteiger partial charge in [0.1, 0.15) is 5.56 Å². The number of carbonyl (C=O) groups excluding carboxylic acids is 1. The first-order chi connectivity index (χ1) is 12.4. The molecule has 1 heterocycles. The first-order valence-corrected chi connectivity index (χ1v) is 8.64. The third-order valence-electron chi connectivity index (χ3n) is 4.14. The number of amides is 1. The molecule has 5 heteroatoms. The zero-order valence-electron chi connectivity index (χ0n) is 14.6. The molecular formula is C21H19ClN2O2. The van der Waals surface area contributed by atoms with Gasteiger partial charge < -0.3 is 9.88 Å². The van der Waals surface area contributed by atoms with Crippen molar-refractivity contribution in [2.75, 3.05) is 5.32 Å². The molecule has 3 aromatic rings. The van der Waals surface area contributed by atoms with Gasteiger partial charge >= 0.3 is 0 Å². The Bertz CT molecular complexity index is 1020. The number of hydrogen-bond acceptors (Lipinski definition) is 2. The molecule has 26 heavy (non-hydrogen) atoms. The molecular weight excluding hydrogens is 348 g/mol. The number of halogens is 1. The highest BCUT2D eigenvalue weighted by molar-refractivity contribution is 6.30. The minimum Gasteiger partial charge on any atom is -0.322 e. The van der Waals surface area contributed by atoms with Crippen molar-refractivity contribution in [2.24, 2.45) is 0 Å². The minimum absolute atomic E-state index is 0.106. The van der Waals surface area contributed by atoms with Crippen LogP contribution in [-0.4, -0.2) is 10.5 Å². The van der Waals surface area contributed by atoms with Crippen molar-refractivity contribution in [1.29, 1.82) is 0 Å². The predicted molar refractivity (Wildman–Crippen MR) is 105 cm³/mol. The Labute approximate surface area is 157 Å². The van der Waals surface area contributed by atoms with Crippen LogP contribution < -0.4 is 10.9 Å². The lowest BCUT2D eigenvalue weighted by Crippen LogP contribution is -2.29. The fourth-order valence-corrected chi connectivity index (χ4v) is 3.02. The van der Waals surface area contributed by atoms with Crippen LogP contribution in [0.2, 0.25) is 5.02 Å². The SMILES string of the molecule is Cc1ccc(NC(=O)c2cccn(Cc3cccc(Cl)c3)c2=O)c(C)c1. The monoisotopic (exact) mass is 366 g/mol. The fourth-order valence-electron chi connectivity index (χ4n) is 2.81. The number of rotatable bonds is 4. The van der Waals surface area contributed by atoms with Gasteiger partial charge in [0, 0.05) is 16.9 Å². The highest BCUT2D eigenvalue weighted by atomic mass is 35.5. The van der Waals surface area contributed by atoms with Crippen LogP contribution in [0, 0.1) is 13.8 Å². The lowest BCUT2D eigenvalue weighted by atomic mass is 10.1. The standard InChI is InChI=1S/C21H19ClN2O2/c1-14-8-9-19(15(2)11-14)23-20(25)18-7-4-10-24(21(18)26)13-16-5-3-6-17(22)12-16/h3-12H,13H2,1-2H3,(H,23,25). The van der Waals surface area contributed by atoms with Crippen molar-refractivity contribution in [1.82, 2.24) is 4.57 Å². The van der Waals surface area contributed by atoms with Gasteiger partial charge in [-0.1, -0.05) is 41.4 Å². The molecule has 0 aliphatic carbocycles. The van der Waals surface area contributed by atoms with Crippen LogP contribution in [-0.2, 0) is 6.54 Å². The van der Waals surface area contributed by atoms with Crippen molar-refractivity contribution >= 4 is 23.2 Å². The molecule has 1 N–H and O–H groups in total. The molecule has 0 unspecified atom stereocenters. The van der Waals surface area contributed by atoms with E-state index in [1.54, 1.807) is 24.4 Å². The number of aryl methyl sites for hydroxylation is 2. The Morgan fingerprint density at radius 2 is 1.88 bits per heavy atom. The van der Waals surface area contributed by atoms with Gasteiger partial charge in [-0.05, 0) is 55.3 Å². The summed E-state index contributed by atoms with van der Waals surface area (Å²) in [6.45, 7) is 4.26. The van der Waals surface area contributed by atoms with Gasteiger partial charge in [-0.15, -0.1) is 0 Å². The van der Waals surface area contributed by atoms with E-state index in [2.05, 4.69) is 5.32 Å². The van der Waals surface area contributed by atoms with Crippen LogP contribution in [0.5, 0.6) is 0 Å². The third-order valence-corrected chi connectivity index (χ3v) is 4.37. The van der Waals surface area contributed by atoms with Gasteiger partial charge in [0.15, 0.2) is 0 Å². The van der Waals surface area contributed by atoms with E-state index >= 15 is 0 Å². The third kappa shape index (κ3) is 4.03. The molecule has 0 saturated heterocycles. The second-order valence-corrected chi connectivity index (χ2v) is 6.69. The maximum Gasteiger partial charge on any atom is 0.263 e. The molecule has 0 atom stereocenters. The van der Waals surface area contributed by atoms with Gasteiger partial charge in [0.05, 0.1) is 6.54 Å². The van der Waals surface area contributed by atoms with Gasteiger partial charge in [-0.3, -0.25) is 9.59 Å². The van der Waals surface area contributed by atoms with Gasteiger partial charge in [-0.2, -0.15) is 0 Å². The maximum atomic E-state index is 12.7. The highest BCUT2D eigenvalue weighted by Crippen LogP contribution is 2.17. The Balaban J connectivity index is 1.86. The fraction of sp³-hybridized carbons (Fsp3) is 0.143. The second kappa shape index (κ2) is 7.58. The van der Waals surface area contributed by atoms with Crippen molar-refractivity contribution in [3.63, 3.8) is 0 Å². The first-order valence-electron chi connectivity index (χ1n) is 8.26. The van der Waals surface area contributed by atoms with Crippen LogP contribution in [0.4, 0.5) is 5.69 Å². The van der Waals surface area contributed by atoms with E-state index in [1.165, 1.54) is 10.6 Å². The summed E-state index contributed by atoms with van der Waals surface area (Å²) in [6.07, 6.45) is 1.66. The Morgan fingerprint density at radius 3 is 2.62 bits per heavy atom. The number of benzene rings is 2. The van der Waals surface area contributed by atoms with E-state index in [1.807, 2.05) is 44.2 Å². The van der Waals surface area contributed by atoms with E-state index in [-0.39, 0.29) is 11.1 Å². The molecule has 1 aromatic heterocycles. The summed E-state index contributed by atoms with van der Waals surface area (Å²) in [4.78, 5) is 25.3. The zero-order chi connectivity index (χ0) is 18.7. The molecule has 0 saturated carbocycles. The minimum atomic E-state index is -0.414. The number of nitrogens with one attached hydrogen (secondary N) is 1. The Morgan fingerprint density at radius 1 is 1.08 bits per heavy atom. The predicted octanol–water partition coefficient (Wildman–Crippen LogP) is 4.42. The van der Waals surface area contributed by atoms with E-state index in [9.17, 15) is 9.59 Å². The van der Waals surface area contributed by atoms with Crippen LogP contribution in [0.1, 0.15) is 27.0 Å². The van der Waals surface area contributed by atoms with Crippen molar-refractivity contribution < 1.29 is 4.79 Å². The average Bonchev–Trinajstić information content (AvgIpc) is 2.59. The van der Waals surface area contributed by atoms with E-state index < -0.39 is 5.91 Å². The van der Waals surface area contributed by atoms with Crippen molar-refractivity contribution in [3.05, 3.63) is 98.4 Å². The molecule has 0 bridgehead atoms. The maximum absolute atomic E-state index is 12.7. The molecule has 0 spiro atoms. The van der Waals surface area contributed by atoms with Crippen LogP contribution in [0.3, 0.4) is 0 Å². The number of hydrogen-bond donors (Lipinski definition) is 1. The molecule has 2 aromatic carbocycles. The number of anilines is 1. The molecule has 132 valence electrons. The Kier molecular flexibility index (Phi) is 5.24. The number of nitrogens with zero attached hydrogens (tertiary/aromatic N) is 1. The van der Waals surface area contributed by atoms with Gasteiger partial charge in [0.2, 0.25) is 0 Å². The zero-order valence-corrected chi connectivity index (χ0v) is 15.4. The van der Waals surface area contributed by atoms with Crippen molar-refractivity contribution in [2.45, 2.75) is 20.4 Å². The molecule has 0 fully saturated rings. The van der Waals surface area contributed by atoms with E-state index in [4.69, 9.17) is 11.6 Å². The highest BCUT2D eigenvalue weighted by Gasteiger charge is 2.13. The van der Waals surface area contributed by atoms with Crippen LogP contribution in [0.15, 0.2) is 65.6 Å². The number of pyridine rings is 1. The normalized spacial score (nSPS) is 10.6. The molecule has 0 aliphatic heterocycles. The average molecular weight is 367 g/mol. The lowest BCUT2D eigenvalue weighted by Gasteiger charge is -2.11. The number of aromatic nitrogens is 1. The van der Waals surface area contributed by atoms with Crippen LogP contribution >= 0.6 is 11.6 Å². The molecule has 1 amide bonds. The van der Waals surface area contributed by atoms with Gasteiger partial charge in [-0.25, -0.2) is 0 Å². The molecule has 0 radical (unpaired) electrons. The summed E-state index contributed by atoms with van der Waals surface area (Å²) >= 11 is 6.00. The van der Waals surface area contributed by atoms with Crippen LogP contribution in [0.25, 0.3) is 0 Å². The second-order valence-electron chi connectivity index (χ2n) is 6.26. The summed E-state index contributed by atoms with van der Waals surface area (Å²) < 4.78 is 1.50. The largest absolute Gasteiger partial charge is 0.322 e. The summed E-state index contributed by atoms with van der Waals surface area (Å²) in [5.41, 5.74) is 3.43. The molecule has 0 aliphatic rings. The quantitative estimate of drug-likeness (QED) is 0.743. The summed E-state index contributed by atoms with van der Waals surface area (Å²) in [5, 5.41) is 3.43. The smallest absolute Gasteiger partial charge is 0.263 e.